The monoisotopic (exact) mass is 398 g/mol. The second-order valence-corrected chi connectivity index (χ2v) is 8.26. The van der Waals surface area contributed by atoms with E-state index in [9.17, 15) is 31.2 Å². The Morgan fingerprint density at radius 3 is 2.48 bits per heavy atom. The van der Waals surface area contributed by atoms with Gasteiger partial charge in [-0.1, -0.05) is 11.6 Å². The van der Waals surface area contributed by atoms with Gasteiger partial charge in [-0.2, -0.15) is 13.2 Å². The minimum Gasteiger partial charge on any atom is -0.333 e. The van der Waals surface area contributed by atoms with Crippen LogP contribution in [0, 0.1) is 0 Å². The van der Waals surface area contributed by atoms with Crippen molar-refractivity contribution in [2.24, 2.45) is 0 Å². The van der Waals surface area contributed by atoms with E-state index in [0.717, 1.165) is 17.0 Å². The SMILES string of the molecule is CN(C(=O)C(=O)Nc1cc(C(F)(F)F)ccc1Cl)C1CCS(=O)(=O)C1. The van der Waals surface area contributed by atoms with Crippen molar-refractivity contribution in [3.63, 3.8) is 0 Å². The fourth-order valence-electron chi connectivity index (χ4n) is 2.38. The summed E-state index contributed by atoms with van der Waals surface area (Å²) in [6, 6.07) is 1.67. The van der Waals surface area contributed by atoms with Gasteiger partial charge in [-0.15, -0.1) is 0 Å². The molecule has 0 bridgehead atoms. The first kappa shape index (κ1) is 19.5. The van der Waals surface area contributed by atoms with Gasteiger partial charge in [0.25, 0.3) is 0 Å². The number of benzene rings is 1. The molecule has 2 amide bonds. The molecule has 1 N–H and O–H groups in total. The van der Waals surface area contributed by atoms with E-state index in [-0.39, 0.29) is 28.6 Å². The quantitative estimate of drug-likeness (QED) is 0.772. The van der Waals surface area contributed by atoms with Crippen molar-refractivity contribution in [3.05, 3.63) is 28.8 Å². The van der Waals surface area contributed by atoms with E-state index in [1.54, 1.807) is 0 Å². The van der Waals surface area contributed by atoms with Crippen molar-refractivity contribution < 1.29 is 31.2 Å². The number of nitrogens with one attached hydrogen (secondary N) is 1. The molecule has 1 unspecified atom stereocenters. The third kappa shape index (κ3) is 4.63. The molecule has 25 heavy (non-hydrogen) atoms. The van der Waals surface area contributed by atoms with Gasteiger partial charge in [0.15, 0.2) is 9.84 Å². The molecule has 1 aromatic carbocycles. The Morgan fingerprint density at radius 2 is 1.96 bits per heavy atom. The van der Waals surface area contributed by atoms with Gasteiger partial charge in [0.2, 0.25) is 0 Å². The molecule has 0 spiro atoms. The van der Waals surface area contributed by atoms with Gasteiger partial charge in [-0.25, -0.2) is 8.42 Å². The largest absolute Gasteiger partial charge is 0.416 e. The topological polar surface area (TPSA) is 83.6 Å². The highest BCUT2D eigenvalue weighted by atomic mass is 35.5. The van der Waals surface area contributed by atoms with E-state index in [1.165, 1.54) is 7.05 Å². The standard InChI is InChI=1S/C14H14ClF3N2O4S/c1-20(9-4-5-25(23,24)7-9)13(22)12(21)19-11-6-8(14(16,17)18)2-3-10(11)15/h2-3,6,9H,4-5,7H2,1H3,(H,19,21). The number of hydrogen-bond donors (Lipinski definition) is 1. The van der Waals surface area contributed by atoms with Gasteiger partial charge < -0.3 is 10.2 Å². The van der Waals surface area contributed by atoms with E-state index in [4.69, 9.17) is 11.6 Å². The zero-order chi connectivity index (χ0) is 19.0. The fraction of sp³-hybridized carbons (Fsp3) is 0.429. The van der Waals surface area contributed by atoms with Crippen molar-refractivity contribution in [2.45, 2.75) is 18.6 Å². The van der Waals surface area contributed by atoms with Crippen LogP contribution in [-0.2, 0) is 25.6 Å². The average Bonchev–Trinajstić information content (AvgIpc) is 2.86. The van der Waals surface area contributed by atoms with Gasteiger partial charge in [0.1, 0.15) is 0 Å². The number of likely N-dealkylation sites (N-methyl/N-ethyl adjacent to an activating group) is 1. The molecular formula is C14H14ClF3N2O4S. The summed E-state index contributed by atoms with van der Waals surface area (Å²) in [7, 11) is -1.99. The normalized spacial score (nSPS) is 19.5. The molecule has 0 aliphatic carbocycles. The molecule has 1 saturated heterocycles. The zero-order valence-electron chi connectivity index (χ0n) is 12.9. The molecule has 138 valence electrons. The van der Waals surface area contributed by atoms with Crippen LogP contribution >= 0.6 is 11.6 Å². The van der Waals surface area contributed by atoms with Crippen LogP contribution in [0.3, 0.4) is 0 Å². The van der Waals surface area contributed by atoms with Crippen LogP contribution in [-0.4, -0.2) is 49.7 Å². The minimum atomic E-state index is -4.64. The number of anilines is 1. The average molecular weight is 399 g/mol. The van der Waals surface area contributed by atoms with E-state index in [2.05, 4.69) is 0 Å². The number of nitrogens with zero attached hydrogens (tertiary/aromatic N) is 1. The van der Waals surface area contributed by atoms with Crippen molar-refractivity contribution in [2.75, 3.05) is 23.9 Å². The molecule has 1 aliphatic heterocycles. The van der Waals surface area contributed by atoms with Crippen LogP contribution in [0.25, 0.3) is 0 Å². The van der Waals surface area contributed by atoms with Gasteiger partial charge in [0.05, 0.1) is 27.8 Å². The fourth-order valence-corrected chi connectivity index (χ4v) is 4.32. The minimum absolute atomic E-state index is 0.0869. The Hall–Kier alpha value is -1.81. The summed E-state index contributed by atoms with van der Waals surface area (Å²) in [5.74, 6) is -2.60. The lowest BCUT2D eigenvalue weighted by molar-refractivity contribution is -0.143. The van der Waals surface area contributed by atoms with Crippen molar-refractivity contribution in [1.29, 1.82) is 0 Å². The highest BCUT2D eigenvalue weighted by Gasteiger charge is 2.35. The second kappa shape index (κ2) is 6.83. The van der Waals surface area contributed by atoms with E-state index >= 15 is 0 Å². The smallest absolute Gasteiger partial charge is 0.333 e. The third-order valence-electron chi connectivity index (χ3n) is 3.81. The molecule has 1 heterocycles. The van der Waals surface area contributed by atoms with Crippen LogP contribution in [0.4, 0.5) is 18.9 Å². The Kier molecular flexibility index (Phi) is 5.33. The first-order valence-electron chi connectivity index (χ1n) is 7.06. The lowest BCUT2D eigenvalue weighted by Gasteiger charge is -2.22. The zero-order valence-corrected chi connectivity index (χ0v) is 14.5. The third-order valence-corrected chi connectivity index (χ3v) is 5.89. The number of carbonyl (C=O) groups excluding carboxylic acids is 2. The molecule has 2 rings (SSSR count). The molecule has 11 heteroatoms. The van der Waals surface area contributed by atoms with E-state index in [1.807, 2.05) is 5.32 Å². The van der Waals surface area contributed by atoms with E-state index < -0.39 is 39.4 Å². The Labute approximate surface area is 146 Å². The maximum Gasteiger partial charge on any atom is 0.416 e. The summed E-state index contributed by atoms with van der Waals surface area (Å²) in [6.45, 7) is 0. The van der Waals surface area contributed by atoms with Crippen LogP contribution in [0.15, 0.2) is 18.2 Å². The number of rotatable bonds is 2. The predicted octanol–water partition coefficient (Wildman–Crippen LogP) is 1.94. The maximum atomic E-state index is 12.7. The number of carbonyl (C=O) groups is 2. The molecule has 6 nitrogen and oxygen atoms in total. The Morgan fingerprint density at radius 1 is 1.32 bits per heavy atom. The predicted molar refractivity (Wildman–Crippen MR) is 84.9 cm³/mol. The summed E-state index contributed by atoms with van der Waals surface area (Å²) >= 11 is 5.75. The summed E-state index contributed by atoms with van der Waals surface area (Å²) < 4.78 is 61.0. The number of amides is 2. The van der Waals surface area contributed by atoms with Crippen LogP contribution in [0.2, 0.25) is 5.02 Å². The Balaban J connectivity index is 2.13. The highest BCUT2D eigenvalue weighted by molar-refractivity contribution is 7.91. The van der Waals surface area contributed by atoms with Gasteiger partial charge in [-0.05, 0) is 24.6 Å². The number of sulfone groups is 1. The maximum absolute atomic E-state index is 12.7. The summed E-state index contributed by atoms with van der Waals surface area (Å²) in [5, 5.41) is 1.87. The van der Waals surface area contributed by atoms with Crippen LogP contribution in [0.5, 0.6) is 0 Å². The molecule has 1 aliphatic rings. The molecular weight excluding hydrogens is 385 g/mol. The molecule has 0 saturated carbocycles. The lowest BCUT2D eigenvalue weighted by atomic mass is 10.2. The van der Waals surface area contributed by atoms with Gasteiger partial charge in [-0.3, -0.25) is 9.59 Å². The van der Waals surface area contributed by atoms with Crippen molar-refractivity contribution in [3.8, 4) is 0 Å². The molecule has 1 aromatic rings. The molecule has 1 fully saturated rings. The summed E-state index contributed by atoms with van der Waals surface area (Å²) in [6.07, 6.45) is -4.44. The lowest BCUT2D eigenvalue weighted by Crippen LogP contribution is -2.43. The number of hydrogen-bond acceptors (Lipinski definition) is 4. The number of halogens is 4. The first-order valence-corrected chi connectivity index (χ1v) is 9.26. The molecule has 0 aromatic heterocycles. The first-order chi connectivity index (χ1) is 11.4. The highest BCUT2D eigenvalue weighted by Crippen LogP contribution is 2.33. The van der Waals surface area contributed by atoms with Crippen molar-refractivity contribution >= 4 is 38.9 Å². The van der Waals surface area contributed by atoms with Crippen LogP contribution in [0.1, 0.15) is 12.0 Å². The number of alkyl halides is 3. The van der Waals surface area contributed by atoms with Gasteiger partial charge in [0, 0.05) is 13.1 Å². The second-order valence-electron chi connectivity index (χ2n) is 5.62. The molecule has 0 radical (unpaired) electrons. The van der Waals surface area contributed by atoms with Crippen molar-refractivity contribution in [1.82, 2.24) is 4.90 Å². The molecule has 1 atom stereocenters. The summed E-state index contributed by atoms with van der Waals surface area (Å²) in [5.41, 5.74) is -1.39. The summed E-state index contributed by atoms with van der Waals surface area (Å²) in [4.78, 5) is 25.1. The van der Waals surface area contributed by atoms with Gasteiger partial charge >= 0.3 is 18.0 Å². The van der Waals surface area contributed by atoms with Crippen LogP contribution < -0.4 is 5.32 Å². The Bertz CT molecular complexity index is 811. The van der Waals surface area contributed by atoms with E-state index in [0.29, 0.717) is 6.07 Å².